The first-order valence-electron chi connectivity index (χ1n) is 7.99. The first-order valence-corrected chi connectivity index (χ1v) is 8.98. The Morgan fingerprint density at radius 1 is 1.00 bits per heavy atom. The molecule has 3 nitrogen and oxygen atoms in total. The van der Waals surface area contributed by atoms with Crippen LogP contribution < -0.4 is 0 Å². The number of hydrogen-bond donors (Lipinski definition) is 0. The normalized spacial score (nSPS) is 11.2. The molecule has 0 unspecified atom stereocenters. The third-order valence-corrected chi connectivity index (χ3v) is 4.62. The van der Waals surface area contributed by atoms with Crippen LogP contribution in [0.1, 0.15) is 19.4 Å². The monoisotopic (exact) mass is 341 g/mol. The zero-order valence-corrected chi connectivity index (χ0v) is 14.6. The summed E-state index contributed by atoms with van der Waals surface area (Å²) in [4.78, 5) is 0. The molecular formula is C19H20FN3S. The number of aromatic nitrogens is 3. The van der Waals surface area contributed by atoms with E-state index in [2.05, 4.69) is 40.7 Å². The van der Waals surface area contributed by atoms with E-state index >= 15 is 0 Å². The van der Waals surface area contributed by atoms with Crippen molar-refractivity contribution >= 4 is 11.8 Å². The zero-order valence-electron chi connectivity index (χ0n) is 13.8. The molecule has 0 aliphatic heterocycles. The summed E-state index contributed by atoms with van der Waals surface area (Å²) in [6.45, 7) is 5.23. The SMILES string of the molecule is CC(C)Cn1c(SCc2ccc(F)cc2)nnc1-c1ccccc1. The van der Waals surface area contributed by atoms with Crippen LogP contribution in [0.2, 0.25) is 0 Å². The topological polar surface area (TPSA) is 30.7 Å². The maximum absolute atomic E-state index is 13.0. The summed E-state index contributed by atoms with van der Waals surface area (Å²) in [7, 11) is 0. The van der Waals surface area contributed by atoms with Crippen molar-refractivity contribution in [3.63, 3.8) is 0 Å². The van der Waals surface area contributed by atoms with Crippen molar-refractivity contribution in [1.82, 2.24) is 14.8 Å². The average Bonchev–Trinajstić information content (AvgIpc) is 2.97. The van der Waals surface area contributed by atoms with E-state index in [-0.39, 0.29) is 5.82 Å². The molecule has 0 bridgehead atoms. The smallest absolute Gasteiger partial charge is 0.191 e. The van der Waals surface area contributed by atoms with Gasteiger partial charge in [-0.3, -0.25) is 0 Å². The highest BCUT2D eigenvalue weighted by Crippen LogP contribution is 2.27. The molecule has 0 N–H and O–H groups in total. The van der Waals surface area contributed by atoms with Gasteiger partial charge in [0.25, 0.3) is 0 Å². The van der Waals surface area contributed by atoms with Crippen LogP contribution in [0.5, 0.6) is 0 Å². The second-order valence-electron chi connectivity index (χ2n) is 6.09. The molecule has 0 atom stereocenters. The van der Waals surface area contributed by atoms with Gasteiger partial charge in [-0.05, 0) is 23.6 Å². The van der Waals surface area contributed by atoms with Crippen molar-refractivity contribution in [1.29, 1.82) is 0 Å². The fourth-order valence-electron chi connectivity index (χ4n) is 2.45. The number of rotatable bonds is 6. The van der Waals surface area contributed by atoms with Crippen LogP contribution in [0.25, 0.3) is 11.4 Å². The van der Waals surface area contributed by atoms with Gasteiger partial charge in [-0.1, -0.05) is 68.1 Å². The summed E-state index contributed by atoms with van der Waals surface area (Å²) in [5.74, 6) is 1.92. The summed E-state index contributed by atoms with van der Waals surface area (Å²) >= 11 is 1.63. The minimum atomic E-state index is -0.210. The Bertz CT molecular complexity index is 782. The number of benzene rings is 2. The van der Waals surface area contributed by atoms with E-state index in [1.807, 2.05) is 30.3 Å². The van der Waals surface area contributed by atoms with E-state index < -0.39 is 0 Å². The van der Waals surface area contributed by atoms with Gasteiger partial charge in [-0.15, -0.1) is 10.2 Å². The maximum Gasteiger partial charge on any atom is 0.191 e. The summed E-state index contributed by atoms with van der Waals surface area (Å²) in [6, 6.07) is 16.7. The van der Waals surface area contributed by atoms with Gasteiger partial charge in [0.15, 0.2) is 11.0 Å². The Balaban J connectivity index is 1.84. The van der Waals surface area contributed by atoms with Gasteiger partial charge in [-0.25, -0.2) is 4.39 Å². The predicted molar refractivity (Wildman–Crippen MR) is 96.3 cm³/mol. The van der Waals surface area contributed by atoms with E-state index in [9.17, 15) is 4.39 Å². The molecule has 0 aliphatic rings. The Morgan fingerprint density at radius 2 is 1.71 bits per heavy atom. The molecule has 0 saturated heterocycles. The third kappa shape index (κ3) is 4.03. The molecule has 3 rings (SSSR count). The van der Waals surface area contributed by atoms with Crippen molar-refractivity contribution in [2.24, 2.45) is 5.92 Å². The van der Waals surface area contributed by atoms with Gasteiger partial charge in [0, 0.05) is 17.9 Å². The highest BCUT2D eigenvalue weighted by Gasteiger charge is 2.15. The lowest BCUT2D eigenvalue weighted by atomic mass is 10.2. The Labute approximate surface area is 145 Å². The molecule has 1 heterocycles. The van der Waals surface area contributed by atoms with Gasteiger partial charge in [0.05, 0.1) is 0 Å². The Hall–Kier alpha value is -2.14. The molecule has 3 aromatic rings. The fraction of sp³-hybridized carbons (Fsp3) is 0.263. The van der Waals surface area contributed by atoms with Crippen molar-refractivity contribution in [2.45, 2.75) is 31.3 Å². The molecule has 24 heavy (non-hydrogen) atoms. The molecule has 124 valence electrons. The molecule has 1 aromatic heterocycles. The van der Waals surface area contributed by atoms with Crippen molar-refractivity contribution in [2.75, 3.05) is 0 Å². The summed E-state index contributed by atoms with van der Waals surface area (Å²) in [6.07, 6.45) is 0. The van der Waals surface area contributed by atoms with Crippen LogP contribution in [-0.2, 0) is 12.3 Å². The summed E-state index contributed by atoms with van der Waals surface area (Å²) < 4.78 is 15.2. The molecule has 0 spiro atoms. The van der Waals surface area contributed by atoms with Crippen molar-refractivity contribution in [3.05, 3.63) is 66.0 Å². The first kappa shape index (κ1) is 16.7. The highest BCUT2D eigenvalue weighted by molar-refractivity contribution is 7.98. The molecule has 5 heteroatoms. The van der Waals surface area contributed by atoms with Crippen molar-refractivity contribution in [3.8, 4) is 11.4 Å². The molecule has 0 aliphatic carbocycles. The first-order chi connectivity index (χ1) is 11.6. The Morgan fingerprint density at radius 3 is 2.38 bits per heavy atom. The molecule has 2 aromatic carbocycles. The maximum atomic E-state index is 13.0. The number of halogens is 1. The molecule has 0 saturated carbocycles. The van der Waals surface area contributed by atoms with E-state index in [4.69, 9.17) is 0 Å². The Kier molecular flexibility index (Phi) is 5.30. The van der Waals surface area contributed by atoms with Gasteiger partial charge in [0.1, 0.15) is 5.82 Å². The minimum Gasteiger partial charge on any atom is -0.302 e. The van der Waals surface area contributed by atoms with E-state index in [1.165, 1.54) is 12.1 Å². The lowest BCUT2D eigenvalue weighted by Gasteiger charge is -2.12. The van der Waals surface area contributed by atoms with Crippen LogP contribution in [0.4, 0.5) is 4.39 Å². The number of thioether (sulfide) groups is 1. The summed E-state index contributed by atoms with van der Waals surface area (Å²) in [5.41, 5.74) is 2.14. The molecular weight excluding hydrogens is 321 g/mol. The highest BCUT2D eigenvalue weighted by atomic mass is 32.2. The largest absolute Gasteiger partial charge is 0.302 e. The van der Waals surface area contributed by atoms with Crippen LogP contribution in [-0.4, -0.2) is 14.8 Å². The van der Waals surface area contributed by atoms with Crippen LogP contribution in [0, 0.1) is 11.7 Å². The van der Waals surface area contributed by atoms with Crippen LogP contribution in [0.15, 0.2) is 59.8 Å². The van der Waals surface area contributed by atoms with E-state index in [0.29, 0.717) is 5.92 Å². The second kappa shape index (κ2) is 7.62. The molecule has 0 radical (unpaired) electrons. The average molecular weight is 341 g/mol. The lowest BCUT2D eigenvalue weighted by Crippen LogP contribution is -2.07. The lowest BCUT2D eigenvalue weighted by molar-refractivity contribution is 0.498. The third-order valence-electron chi connectivity index (χ3n) is 3.58. The van der Waals surface area contributed by atoms with Gasteiger partial charge < -0.3 is 4.57 Å². The zero-order chi connectivity index (χ0) is 16.9. The van der Waals surface area contributed by atoms with Gasteiger partial charge in [-0.2, -0.15) is 0 Å². The number of hydrogen-bond acceptors (Lipinski definition) is 3. The summed E-state index contributed by atoms with van der Waals surface area (Å²) in [5, 5.41) is 9.67. The van der Waals surface area contributed by atoms with E-state index in [1.54, 1.807) is 11.8 Å². The second-order valence-corrected chi connectivity index (χ2v) is 7.03. The minimum absolute atomic E-state index is 0.210. The molecule has 0 amide bonds. The van der Waals surface area contributed by atoms with Crippen LogP contribution in [0.3, 0.4) is 0 Å². The quantitative estimate of drug-likeness (QED) is 0.589. The van der Waals surface area contributed by atoms with Gasteiger partial charge >= 0.3 is 0 Å². The standard InChI is InChI=1S/C19H20FN3S/c1-14(2)12-23-18(16-6-4-3-5-7-16)21-22-19(23)24-13-15-8-10-17(20)11-9-15/h3-11,14H,12-13H2,1-2H3. The molecule has 0 fully saturated rings. The fourth-order valence-corrected chi connectivity index (χ4v) is 3.36. The van der Waals surface area contributed by atoms with Gasteiger partial charge in [0.2, 0.25) is 0 Å². The number of nitrogens with zero attached hydrogens (tertiary/aromatic N) is 3. The predicted octanol–water partition coefficient (Wildman–Crippen LogP) is 5.03. The van der Waals surface area contributed by atoms with Crippen molar-refractivity contribution < 1.29 is 4.39 Å². The van der Waals surface area contributed by atoms with Crippen LogP contribution >= 0.6 is 11.8 Å². The van der Waals surface area contributed by atoms with E-state index in [0.717, 1.165) is 34.4 Å².